The molecule has 0 bridgehead atoms. The number of hydrogen-bond acceptors (Lipinski definition) is 3. The summed E-state index contributed by atoms with van der Waals surface area (Å²) in [6.07, 6.45) is 7.80. The van der Waals surface area contributed by atoms with Crippen molar-refractivity contribution in [3.8, 4) is 0 Å². The third-order valence-electron chi connectivity index (χ3n) is 5.19. The van der Waals surface area contributed by atoms with Crippen LogP contribution in [-0.2, 0) is 6.42 Å². The monoisotopic (exact) mass is 280 g/mol. The molecule has 1 aromatic rings. The van der Waals surface area contributed by atoms with E-state index in [1.54, 1.807) is 11.3 Å². The first-order chi connectivity index (χ1) is 9.06. The second-order valence-electron chi connectivity index (χ2n) is 6.65. The largest absolute Gasteiger partial charge is 0.330 e. The Balaban J connectivity index is 1.91. The minimum Gasteiger partial charge on any atom is -0.330 e. The third-order valence-corrected chi connectivity index (χ3v) is 6.19. The quantitative estimate of drug-likeness (QED) is 0.879. The summed E-state index contributed by atoms with van der Waals surface area (Å²) in [5.41, 5.74) is 9.71. The van der Waals surface area contributed by atoms with Gasteiger partial charge in [0.2, 0.25) is 0 Å². The van der Waals surface area contributed by atoms with Crippen LogP contribution in [0, 0.1) is 24.2 Å². The van der Waals surface area contributed by atoms with Gasteiger partial charge in [0.05, 0.1) is 11.2 Å². The predicted octanol–water partition coefficient (Wildman–Crippen LogP) is 4.18. The maximum absolute atomic E-state index is 6.13. The average Bonchev–Trinajstić information content (AvgIpc) is 2.82. The Bertz CT molecular complexity index is 389. The lowest BCUT2D eigenvalue weighted by molar-refractivity contribution is 0.123. The molecule has 2 nitrogen and oxygen atoms in total. The highest BCUT2D eigenvalue weighted by Gasteiger charge is 2.34. The van der Waals surface area contributed by atoms with Gasteiger partial charge >= 0.3 is 0 Å². The third kappa shape index (κ3) is 3.57. The molecule has 0 spiro atoms. The highest BCUT2D eigenvalue weighted by Crippen LogP contribution is 2.43. The van der Waals surface area contributed by atoms with Crippen LogP contribution in [0.15, 0.2) is 5.51 Å². The van der Waals surface area contributed by atoms with Crippen molar-refractivity contribution in [3.05, 3.63) is 16.1 Å². The van der Waals surface area contributed by atoms with E-state index in [1.165, 1.54) is 49.1 Å². The zero-order chi connectivity index (χ0) is 13.9. The van der Waals surface area contributed by atoms with Crippen LogP contribution in [0.2, 0.25) is 0 Å². The number of aryl methyl sites for hydroxylation is 2. The van der Waals surface area contributed by atoms with Gasteiger partial charge in [0.1, 0.15) is 0 Å². The molecule has 1 aliphatic carbocycles. The molecule has 0 unspecified atom stereocenters. The van der Waals surface area contributed by atoms with E-state index in [9.17, 15) is 0 Å². The minimum absolute atomic E-state index is 0.405. The number of nitrogens with two attached hydrogens (primary N) is 1. The molecule has 0 saturated heterocycles. The van der Waals surface area contributed by atoms with Crippen LogP contribution in [0.1, 0.15) is 56.5 Å². The molecule has 2 N–H and O–H groups in total. The highest BCUT2D eigenvalue weighted by molar-refractivity contribution is 7.09. The molecule has 0 aromatic carbocycles. The van der Waals surface area contributed by atoms with Crippen molar-refractivity contribution >= 4 is 11.3 Å². The lowest BCUT2D eigenvalue weighted by Crippen LogP contribution is -2.36. The number of thiazole rings is 1. The molecule has 0 radical (unpaired) electrons. The molecule has 1 fully saturated rings. The molecule has 2 rings (SSSR count). The van der Waals surface area contributed by atoms with E-state index in [-0.39, 0.29) is 0 Å². The van der Waals surface area contributed by atoms with E-state index >= 15 is 0 Å². The van der Waals surface area contributed by atoms with E-state index in [1.807, 2.05) is 5.51 Å². The summed E-state index contributed by atoms with van der Waals surface area (Å²) in [5.74, 6) is 1.75. The van der Waals surface area contributed by atoms with Crippen molar-refractivity contribution in [1.82, 2.24) is 4.98 Å². The molecule has 108 valence electrons. The van der Waals surface area contributed by atoms with Crippen molar-refractivity contribution in [2.45, 2.75) is 59.3 Å². The molecular formula is C16H28N2S. The zero-order valence-electron chi connectivity index (χ0n) is 12.6. The maximum Gasteiger partial charge on any atom is 0.0797 e. The van der Waals surface area contributed by atoms with Crippen molar-refractivity contribution in [1.29, 1.82) is 0 Å². The fourth-order valence-electron chi connectivity index (χ4n) is 3.42. The molecule has 19 heavy (non-hydrogen) atoms. The van der Waals surface area contributed by atoms with Crippen molar-refractivity contribution in [3.63, 3.8) is 0 Å². The van der Waals surface area contributed by atoms with Gasteiger partial charge in [-0.15, -0.1) is 11.3 Å². The Morgan fingerprint density at radius 3 is 2.58 bits per heavy atom. The van der Waals surface area contributed by atoms with Crippen LogP contribution >= 0.6 is 11.3 Å². The Labute approximate surface area is 121 Å². The summed E-state index contributed by atoms with van der Waals surface area (Å²) in [7, 11) is 0. The summed E-state index contributed by atoms with van der Waals surface area (Å²) < 4.78 is 0. The topological polar surface area (TPSA) is 38.9 Å². The predicted molar refractivity (Wildman–Crippen MR) is 83.5 cm³/mol. The normalized spacial score (nSPS) is 27.9. The van der Waals surface area contributed by atoms with Crippen LogP contribution < -0.4 is 5.73 Å². The minimum atomic E-state index is 0.405. The van der Waals surface area contributed by atoms with Crippen LogP contribution in [0.4, 0.5) is 0 Å². The summed E-state index contributed by atoms with van der Waals surface area (Å²) in [5, 5.41) is 0. The number of nitrogens with zero attached hydrogens (tertiary/aromatic N) is 1. The van der Waals surface area contributed by atoms with Gasteiger partial charge in [0.15, 0.2) is 0 Å². The van der Waals surface area contributed by atoms with Crippen molar-refractivity contribution < 1.29 is 0 Å². The first kappa shape index (κ1) is 15.0. The Hall–Kier alpha value is -0.410. The molecule has 1 aliphatic rings. The Morgan fingerprint density at radius 2 is 2.11 bits per heavy atom. The summed E-state index contributed by atoms with van der Waals surface area (Å²) in [4.78, 5) is 5.81. The molecule has 1 heterocycles. The SMILES string of the molecule is Cc1ncsc1CCC1(CN)CCC(C(C)C)CC1. The van der Waals surface area contributed by atoms with Gasteiger partial charge in [0.25, 0.3) is 0 Å². The molecule has 0 aliphatic heterocycles. The van der Waals surface area contributed by atoms with Crippen LogP contribution in [0.25, 0.3) is 0 Å². The highest BCUT2D eigenvalue weighted by atomic mass is 32.1. The van der Waals surface area contributed by atoms with Crippen LogP contribution in [0.5, 0.6) is 0 Å². The van der Waals surface area contributed by atoms with E-state index in [0.29, 0.717) is 5.41 Å². The van der Waals surface area contributed by atoms with Crippen LogP contribution in [0.3, 0.4) is 0 Å². The molecule has 3 heteroatoms. The smallest absolute Gasteiger partial charge is 0.0797 e. The Kier molecular flexibility index (Phi) is 5.02. The number of rotatable bonds is 5. The number of hydrogen-bond donors (Lipinski definition) is 1. The van der Waals surface area contributed by atoms with Gasteiger partial charge < -0.3 is 5.73 Å². The van der Waals surface area contributed by atoms with Gasteiger partial charge in [-0.3, -0.25) is 0 Å². The lowest BCUT2D eigenvalue weighted by Gasteiger charge is -2.41. The van der Waals surface area contributed by atoms with Crippen LogP contribution in [-0.4, -0.2) is 11.5 Å². The molecule has 1 aromatic heterocycles. The lowest BCUT2D eigenvalue weighted by atomic mass is 9.66. The zero-order valence-corrected chi connectivity index (χ0v) is 13.4. The van der Waals surface area contributed by atoms with E-state index in [0.717, 1.165) is 18.4 Å². The molecule has 1 saturated carbocycles. The fraction of sp³-hybridized carbons (Fsp3) is 0.812. The molecular weight excluding hydrogens is 252 g/mol. The Morgan fingerprint density at radius 1 is 1.42 bits per heavy atom. The standard InChI is InChI=1S/C16H28N2S/c1-12(2)14-4-7-16(10-17,8-5-14)9-6-15-13(3)18-11-19-15/h11-12,14H,4-10,17H2,1-3H3. The van der Waals surface area contributed by atoms with E-state index < -0.39 is 0 Å². The summed E-state index contributed by atoms with van der Waals surface area (Å²) in [6, 6.07) is 0. The molecule has 0 amide bonds. The van der Waals surface area contributed by atoms with Gasteiger partial charge in [-0.25, -0.2) is 4.98 Å². The summed E-state index contributed by atoms with van der Waals surface area (Å²) >= 11 is 1.80. The first-order valence-corrected chi connectivity index (χ1v) is 8.53. The fourth-order valence-corrected chi connectivity index (χ4v) is 4.20. The van der Waals surface area contributed by atoms with Crippen molar-refractivity contribution in [2.75, 3.05) is 6.54 Å². The van der Waals surface area contributed by atoms with Crippen molar-refractivity contribution in [2.24, 2.45) is 23.0 Å². The second-order valence-corrected chi connectivity index (χ2v) is 7.59. The van der Waals surface area contributed by atoms with Gasteiger partial charge in [-0.1, -0.05) is 13.8 Å². The van der Waals surface area contributed by atoms with Gasteiger partial charge in [-0.2, -0.15) is 0 Å². The second kappa shape index (κ2) is 6.36. The molecule has 0 atom stereocenters. The summed E-state index contributed by atoms with van der Waals surface area (Å²) in [6.45, 7) is 7.70. The van der Waals surface area contributed by atoms with Gasteiger partial charge in [-0.05, 0) is 69.2 Å². The number of aromatic nitrogens is 1. The first-order valence-electron chi connectivity index (χ1n) is 7.65. The van der Waals surface area contributed by atoms with E-state index in [2.05, 4.69) is 25.8 Å². The maximum atomic E-state index is 6.13. The van der Waals surface area contributed by atoms with E-state index in [4.69, 9.17) is 5.73 Å². The average molecular weight is 280 g/mol. The van der Waals surface area contributed by atoms with Gasteiger partial charge in [0, 0.05) is 4.88 Å².